The molecule has 0 radical (unpaired) electrons. The lowest BCUT2D eigenvalue weighted by Crippen LogP contribution is -2.05. The normalized spacial score (nSPS) is 14.8. The van der Waals surface area contributed by atoms with Crippen LogP contribution in [-0.4, -0.2) is 25.1 Å². The van der Waals surface area contributed by atoms with Crippen LogP contribution in [0.4, 0.5) is 0 Å². The lowest BCUT2D eigenvalue weighted by molar-refractivity contribution is -0.129. The zero-order chi connectivity index (χ0) is 20.3. The van der Waals surface area contributed by atoms with E-state index in [1.54, 1.807) is 24.3 Å². The molecule has 28 heavy (non-hydrogen) atoms. The molecule has 0 atom stereocenters. The van der Waals surface area contributed by atoms with Crippen LogP contribution in [0.3, 0.4) is 0 Å². The van der Waals surface area contributed by atoms with E-state index in [0.29, 0.717) is 40.3 Å². The molecule has 8 heteroatoms. The van der Waals surface area contributed by atoms with Gasteiger partial charge in [0.05, 0.1) is 26.8 Å². The first-order valence-electron chi connectivity index (χ1n) is 8.50. The first kappa shape index (κ1) is 21.0. The highest BCUT2D eigenvalue weighted by molar-refractivity contribution is 14.1. The number of carbonyl (C=O) groups excluding carboxylic acids is 1. The van der Waals surface area contributed by atoms with E-state index in [1.807, 2.05) is 26.0 Å². The smallest absolute Gasteiger partial charge is 0.363 e. The largest absolute Gasteiger partial charge is 0.490 e. The number of rotatable bonds is 6. The van der Waals surface area contributed by atoms with Crippen LogP contribution < -0.4 is 9.47 Å². The van der Waals surface area contributed by atoms with Gasteiger partial charge < -0.3 is 14.2 Å². The molecule has 146 valence electrons. The summed E-state index contributed by atoms with van der Waals surface area (Å²) in [6, 6.07) is 8.62. The Bertz CT molecular complexity index is 988. The molecule has 0 saturated heterocycles. The van der Waals surface area contributed by atoms with Gasteiger partial charge in [-0.25, -0.2) is 9.79 Å². The van der Waals surface area contributed by atoms with Crippen molar-refractivity contribution in [3.05, 3.63) is 60.8 Å². The summed E-state index contributed by atoms with van der Waals surface area (Å²) in [5.41, 5.74) is 1.51. The summed E-state index contributed by atoms with van der Waals surface area (Å²) in [5.74, 6) is 0.938. The number of ether oxygens (including phenoxy) is 3. The monoisotopic (exact) mass is 531 g/mol. The average Bonchev–Trinajstić information content (AvgIpc) is 3.01. The van der Waals surface area contributed by atoms with Crippen LogP contribution in [0, 0.1) is 3.57 Å². The summed E-state index contributed by atoms with van der Waals surface area (Å²) in [6.07, 6.45) is 1.65. The first-order chi connectivity index (χ1) is 13.4. The summed E-state index contributed by atoms with van der Waals surface area (Å²) < 4.78 is 17.5. The molecule has 2 aromatic carbocycles. The molecular formula is C20H16Cl2INO4. The number of halogens is 3. The van der Waals surface area contributed by atoms with E-state index in [4.69, 9.17) is 37.4 Å². The number of carbonyl (C=O) groups is 1. The molecule has 0 bridgehead atoms. The summed E-state index contributed by atoms with van der Waals surface area (Å²) in [5, 5.41) is 0.774. The molecule has 1 heterocycles. The van der Waals surface area contributed by atoms with E-state index < -0.39 is 5.97 Å². The molecule has 0 aromatic heterocycles. The van der Waals surface area contributed by atoms with Crippen LogP contribution >= 0.6 is 45.8 Å². The van der Waals surface area contributed by atoms with E-state index >= 15 is 0 Å². The third kappa shape index (κ3) is 4.61. The Kier molecular flexibility index (Phi) is 6.85. The maximum Gasteiger partial charge on any atom is 0.363 e. The Balaban J connectivity index is 1.97. The molecule has 0 spiro atoms. The van der Waals surface area contributed by atoms with Gasteiger partial charge in [0.15, 0.2) is 17.2 Å². The Morgan fingerprint density at radius 2 is 1.86 bits per heavy atom. The minimum atomic E-state index is -0.539. The van der Waals surface area contributed by atoms with E-state index in [0.717, 1.165) is 9.13 Å². The average molecular weight is 532 g/mol. The molecule has 0 unspecified atom stereocenters. The van der Waals surface area contributed by atoms with Gasteiger partial charge in [-0.1, -0.05) is 23.2 Å². The number of nitrogens with zero attached hydrogens (tertiary/aromatic N) is 1. The highest BCUT2D eigenvalue weighted by atomic mass is 127. The number of benzene rings is 2. The quantitative estimate of drug-likeness (QED) is 0.271. The summed E-state index contributed by atoms with van der Waals surface area (Å²) in [4.78, 5) is 16.6. The van der Waals surface area contributed by atoms with Crippen molar-refractivity contribution in [2.45, 2.75) is 13.8 Å². The molecule has 0 fully saturated rings. The molecule has 0 amide bonds. The van der Waals surface area contributed by atoms with Gasteiger partial charge in [-0.3, -0.25) is 0 Å². The minimum absolute atomic E-state index is 0.181. The van der Waals surface area contributed by atoms with Crippen molar-refractivity contribution >= 4 is 63.7 Å². The molecular weight excluding hydrogens is 516 g/mol. The van der Waals surface area contributed by atoms with Crippen LogP contribution in [0.15, 0.2) is 41.0 Å². The SMILES string of the molecule is CCOc1cc(/C=C2\N=C(c3ccc(Cl)c(Cl)c3)OC2=O)cc(I)c1OCC. The van der Waals surface area contributed by atoms with Crippen LogP contribution in [-0.2, 0) is 9.53 Å². The lowest BCUT2D eigenvalue weighted by atomic mass is 10.1. The van der Waals surface area contributed by atoms with E-state index in [9.17, 15) is 4.79 Å². The van der Waals surface area contributed by atoms with Crippen LogP contribution in [0.1, 0.15) is 25.0 Å². The van der Waals surface area contributed by atoms with Gasteiger partial charge in [-0.15, -0.1) is 0 Å². The first-order valence-corrected chi connectivity index (χ1v) is 10.3. The number of esters is 1. The highest BCUT2D eigenvalue weighted by Crippen LogP contribution is 2.35. The molecule has 5 nitrogen and oxygen atoms in total. The number of hydrogen-bond donors (Lipinski definition) is 0. The zero-order valence-corrected chi connectivity index (χ0v) is 18.8. The topological polar surface area (TPSA) is 57.1 Å². The zero-order valence-electron chi connectivity index (χ0n) is 15.1. The fourth-order valence-corrected chi connectivity index (χ4v) is 3.62. The van der Waals surface area contributed by atoms with Gasteiger partial charge in [-0.05, 0) is 78.4 Å². The van der Waals surface area contributed by atoms with Gasteiger partial charge in [0, 0.05) is 5.56 Å². The summed E-state index contributed by atoms with van der Waals surface area (Å²) in [7, 11) is 0. The van der Waals surface area contributed by atoms with Crippen molar-refractivity contribution < 1.29 is 19.0 Å². The fraction of sp³-hybridized carbons (Fsp3) is 0.200. The van der Waals surface area contributed by atoms with Crippen molar-refractivity contribution in [1.29, 1.82) is 0 Å². The highest BCUT2D eigenvalue weighted by Gasteiger charge is 2.25. The number of hydrogen-bond acceptors (Lipinski definition) is 5. The van der Waals surface area contributed by atoms with Crippen LogP contribution in [0.25, 0.3) is 6.08 Å². The molecule has 0 N–H and O–H groups in total. The van der Waals surface area contributed by atoms with E-state index in [2.05, 4.69) is 27.6 Å². The third-order valence-electron chi connectivity index (χ3n) is 3.71. The van der Waals surface area contributed by atoms with E-state index in [1.165, 1.54) is 0 Å². The van der Waals surface area contributed by atoms with Crippen molar-refractivity contribution in [1.82, 2.24) is 0 Å². The van der Waals surface area contributed by atoms with Gasteiger partial charge >= 0.3 is 5.97 Å². The minimum Gasteiger partial charge on any atom is -0.490 e. The van der Waals surface area contributed by atoms with Crippen LogP contribution in [0.5, 0.6) is 11.5 Å². The van der Waals surface area contributed by atoms with Crippen LogP contribution in [0.2, 0.25) is 10.0 Å². The maximum atomic E-state index is 12.3. The van der Waals surface area contributed by atoms with Crippen molar-refractivity contribution in [2.75, 3.05) is 13.2 Å². The third-order valence-corrected chi connectivity index (χ3v) is 5.25. The molecule has 2 aromatic rings. The standard InChI is InChI=1S/C20H16Cl2INO4/c1-3-26-17-9-11(7-15(23)18(17)27-4-2)8-16-20(25)28-19(24-16)12-5-6-13(21)14(22)10-12/h5-10H,3-4H2,1-2H3/b16-8-. The predicted molar refractivity (Wildman–Crippen MR) is 119 cm³/mol. The van der Waals surface area contributed by atoms with Crippen molar-refractivity contribution in [3.63, 3.8) is 0 Å². The van der Waals surface area contributed by atoms with Crippen molar-refractivity contribution in [3.8, 4) is 11.5 Å². The number of cyclic esters (lactones) is 1. The maximum absolute atomic E-state index is 12.3. The molecule has 3 rings (SSSR count). The molecule has 1 aliphatic heterocycles. The fourth-order valence-electron chi connectivity index (χ4n) is 2.54. The van der Waals surface area contributed by atoms with Crippen molar-refractivity contribution in [2.24, 2.45) is 4.99 Å². The molecule has 0 saturated carbocycles. The Labute approximate surface area is 186 Å². The summed E-state index contributed by atoms with van der Waals surface area (Å²) in [6.45, 7) is 4.84. The van der Waals surface area contributed by atoms with Gasteiger partial charge in [-0.2, -0.15) is 0 Å². The lowest BCUT2D eigenvalue weighted by Gasteiger charge is -2.13. The van der Waals surface area contributed by atoms with Gasteiger partial charge in [0.25, 0.3) is 0 Å². The Hall–Kier alpha value is -1.77. The van der Waals surface area contributed by atoms with Gasteiger partial charge in [0.2, 0.25) is 5.90 Å². The second kappa shape index (κ2) is 9.15. The second-order valence-electron chi connectivity index (χ2n) is 5.66. The second-order valence-corrected chi connectivity index (χ2v) is 7.64. The predicted octanol–water partition coefficient (Wildman–Crippen LogP) is 5.74. The summed E-state index contributed by atoms with van der Waals surface area (Å²) >= 11 is 14.1. The molecule has 0 aliphatic carbocycles. The van der Waals surface area contributed by atoms with E-state index in [-0.39, 0.29) is 11.6 Å². The molecule has 1 aliphatic rings. The number of aliphatic imine (C=N–C) groups is 1. The Morgan fingerprint density at radius 1 is 1.11 bits per heavy atom. The Morgan fingerprint density at radius 3 is 2.54 bits per heavy atom. The van der Waals surface area contributed by atoms with Gasteiger partial charge in [0.1, 0.15) is 0 Å².